The lowest BCUT2D eigenvalue weighted by atomic mass is 9.96. The van der Waals surface area contributed by atoms with Gasteiger partial charge in [-0.25, -0.2) is 13.6 Å². The van der Waals surface area contributed by atoms with Crippen molar-refractivity contribution >= 4 is 34.2 Å². The van der Waals surface area contributed by atoms with Gasteiger partial charge < -0.3 is 16.0 Å². The number of nitrogens with one attached hydrogen (secondary N) is 1. The monoisotopic (exact) mass is 418 g/mol. The van der Waals surface area contributed by atoms with Gasteiger partial charge >= 0.3 is 0 Å². The van der Waals surface area contributed by atoms with Crippen LogP contribution < -0.4 is 16.2 Å². The number of sulfonamides is 1. The maximum atomic E-state index is 12.9. The van der Waals surface area contributed by atoms with Crippen molar-refractivity contribution < 1.29 is 18.0 Å². The van der Waals surface area contributed by atoms with Gasteiger partial charge in [0.1, 0.15) is 0 Å². The van der Waals surface area contributed by atoms with Gasteiger partial charge in [-0.15, -0.1) is 12.4 Å². The highest BCUT2D eigenvalue weighted by atomic mass is 35.5. The molecule has 0 bridgehead atoms. The molecule has 152 valence electrons. The van der Waals surface area contributed by atoms with Gasteiger partial charge in [-0.2, -0.15) is 0 Å². The van der Waals surface area contributed by atoms with Crippen LogP contribution in [0, 0.1) is 19.8 Å². The average Bonchev–Trinajstić information content (AvgIpc) is 2.60. The van der Waals surface area contributed by atoms with Crippen LogP contribution >= 0.6 is 12.4 Å². The van der Waals surface area contributed by atoms with Gasteiger partial charge in [-0.1, -0.05) is 0 Å². The minimum Gasteiger partial charge on any atom is -0.355 e. The summed E-state index contributed by atoms with van der Waals surface area (Å²) in [4.78, 5) is 26.6. The fraction of sp³-hybridized carbons (Fsp3) is 0.529. The second-order valence-corrected chi connectivity index (χ2v) is 8.16. The Hall–Kier alpha value is -1.68. The molecule has 2 amide bonds. The number of nitrogens with two attached hydrogens (primary N) is 2. The summed E-state index contributed by atoms with van der Waals surface area (Å²) >= 11 is 0. The van der Waals surface area contributed by atoms with Gasteiger partial charge in [0.15, 0.2) is 0 Å². The standard InChI is InChI=1S/C17H26N4O4S.ClH/c1-11-8-14(9-15(12(11)2)26(19,24)25)17(23)21-7-3-4-13(10-21)16(22)20-6-5-18;/h8-9,13H,3-7,10,18H2,1-2H3,(H,20,22)(H2,19,24,25);1H. The van der Waals surface area contributed by atoms with Crippen LogP contribution in [0.5, 0.6) is 0 Å². The number of halogens is 1. The van der Waals surface area contributed by atoms with E-state index in [2.05, 4.69) is 5.32 Å². The predicted molar refractivity (Wildman–Crippen MR) is 105 cm³/mol. The number of benzene rings is 1. The number of aryl methyl sites for hydroxylation is 1. The number of hydrogen-bond acceptors (Lipinski definition) is 5. The van der Waals surface area contributed by atoms with E-state index < -0.39 is 10.0 Å². The molecule has 0 spiro atoms. The normalized spacial score (nSPS) is 17.2. The van der Waals surface area contributed by atoms with Crippen molar-refractivity contribution in [2.24, 2.45) is 16.8 Å². The number of likely N-dealkylation sites (tertiary alicyclic amines) is 1. The highest BCUT2D eigenvalue weighted by Gasteiger charge is 2.29. The molecule has 0 radical (unpaired) electrons. The van der Waals surface area contributed by atoms with E-state index in [4.69, 9.17) is 10.9 Å². The molecule has 1 aromatic carbocycles. The van der Waals surface area contributed by atoms with E-state index in [0.29, 0.717) is 50.1 Å². The van der Waals surface area contributed by atoms with Crippen molar-refractivity contribution in [3.63, 3.8) is 0 Å². The number of nitrogens with zero attached hydrogens (tertiary/aromatic N) is 1. The predicted octanol–water partition coefficient (Wildman–Crippen LogP) is 0.300. The lowest BCUT2D eigenvalue weighted by molar-refractivity contribution is -0.126. The fourth-order valence-corrected chi connectivity index (χ4v) is 4.02. The molecule has 5 N–H and O–H groups in total. The summed E-state index contributed by atoms with van der Waals surface area (Å²) in [5.74, 6) is -0.698. The van der Waals surface area contributed by atoms with E-state index in [1.807, 2.05) is 0 Å². The molecule has 2 rings (SSSR count). The van der Waals surface area contributed by atoms with E-state index >= 15 is 0 Å². The van der Waals surface area contributed by atoms with E-state index in [9.17, 15) is 18.0 Å². The summed E-state index contributed by atoms with van der Waals surface area (Å²) in [6, 6.07) is 2.97. The first-order valence-corrected chi connectivity index (χ1v) is 10.1. The third-order valence-corrected chi connectivity index (χ3v) is 5.73. The molecule has 1 aliphatic rings. The van der Waals surface area contributed by atoms with Crippen LogP contribution in [0.15, 0.2) is 17.0 Å². The van der Waals surface area contributed by atoms with Crippen molar-refractivity contribution in [3.8, 4) is 0 Å². The Kier molecular flexibility index (Phi) is 8.22. The smallest absolute Gasteiger partial charge is 0.253 e. The van der Waals surface area contributed by atoms with Crippen molar-refractivity contribution in [1.82, 2.24) is 10.2 Å². The number of amides is 2. The summed E-state index contributed by atoms with van der Waals surface area (Å²) in [7, 11) is -3.92. The zero-order valence-corrected chi connectivity index (χ0v) is 17.2. The molecule has 1 heterocycles. The Labute approximate surface area is 166 Å². The van der Waals surface area contributed by atoms with Crippen LogP contribution in [0.1, 0.15) is 34.3 Å². The number of primary sulfonamides is 1. The molecule has 0 aliphatic carbocycles. The largest absolute Gasteiger partial charge is 0.355 e. The van der Waals surface area contributed by atoms with Crippen molar-refractivity contribution in [2.45, 2.75) is 31.6 Å². The molecule has 1 saturated heterocycles. The summed E-state index contributed by atoms with van der Waals surface area (Å²) < 4.78 is 23.6. The van der Waals surface area contributed by atoms with Crippen molar-refractivity contribution in [3.05, 3.63) is 28.8 Å². The fourth-order valence-electron chi connectivity index (χ4n) is 3.14. The van der Waals surface area contributed by atoms with Crippen LogP contribution in [0.4, 0.5) is 0 Å². The second-order valence-electron chi connectivity index (χ2n) is 6.63. The maximum Gasteiger partial charge on any atom is 0.253 e. The first-order valence-electron chi connectivity index (χ1n) is 8.56. The van der Waals surface area contributed by atoms with Gasteiger partial charge in [0.05, 0.1) is 10.8 Å². The number of carbonyl (C=O) groups is 2. The number of hydrogen-bond donors (Lipinski definition) is 3. The zero-order valence-electron chi connectivity index (χ0n) is 15.5. The summed E-state index contributed by atoms with van der Waals surface area (Å²) in [6.07, 6.45) is 1.41. The van der Waals surface area contributed by atoms with Gasteiger partial charge in [0.25, 0.3) is 5.91 Å². The zero-order chi connectivity index (χ0) is 19.5. The van der Waals surface area contributed by atoms with E-state index in [1.54, 1.807) is 24.8 Å². The highest BCUT2D eigenvalue weighted by Crippen LogP contribution is 2.23. The molecule has 1 atom stereocenters. The molecular formula is C17H27ClN4O4S. The SMILES string of the molecule is Cc1cc(C(=O)N2CCCC(C(=O)NCCN)C2)cc(S(N)(=O)=O)c1C.Cl. The number of carbonyl (C=O) groups excluding carboxylic acids is 2. The Bertz CT molecular complexity index is 813. The Morgan fingerprint density at radius 2 is 1.96 bits per heavy atom. The quantitative estimate of drug-likeness (QED) is 0.631. The number of piperidine rings is 1. The first kappa shape index (κ1) is 23.4. The Balaban J connectivity index is 0.00000364. The van der Waals surface area contributed by atoms with Crippen LogP contribution in [-0.2, 0) is 14.8 Å². The van der Waals surface area contributed by atoms with Crippen LogP contribution in [0.2, 0.25) is 0 Å². The first-order chi connectivity index (χ1) is 12.1. The second kappa shape index (κ2) is 9.50. The lowest BCUT2D eigenvalue weighted by Crippen LogP contribution is -2.46. The minimum absolute atomic E-state index is 0. The summed E-state index contributed by atoms with van der Waals surface area (Å²) in [5, 5.41) is 8.02. The molecule has 1 fully saturated rings. The molecule has 1 aromatic rings. The number of rotatable bonds is 5. The van der Waals surface area contributed by atoms with Gasteiger partial charge in [0, 0.05) is 31.7 Å². The maximum absolute atomic E-state index is 12.9. The van der Waals surface area contributed by atoms with Crippen LogP contribution in [0.25, 0.3) is 0 Å². The van der Waals surface area contributed by atoms with E-state index in [0.717, 1.165) is 0 Å². The van der Waals surface area contributed by atoms with Gasteiger partial charge in [-0.3, -0.25) is 9.59 Å². The molecule has 27 heavy (non-hydrogen) atoms. The molecule has 8 nitrogen and oxygen atoms in total. The van der Waals surface area contributed by atoms with E-state index in [-0.39, 0.29) is 40.6 Å². The summed E-state index contributed by atoms with van der Waals surface area (Å²) in [5.41, 5.74) is 6.86. The molecule has 0 saturated carbocycles. The molecule has 1 unspecified atom stereocenters. The molecular weight excluding hydrogens is 392 g/mol. The molecule has 1 aliphatic heterocycles. The highest BCUT2D eigenvalue weighted by molar-refractivity contribution is 7.89. The lowest BCUT2D eigenvalue weighted by Gasteiger charge is -2.32. The topological polar surface area (TPSA) is 136 Å². The molecule has 10 heteroatoms. The summed E-state index contributed by atoms with van der Waals surface area (Å²) in [6.45, 7) is 4.98. The average molecular weight is 419 g/mol. The van der Waals surface area contributed by atoms with Crippen molar-refractivity contribution in [2.75, 3.05) is 26.2 Å². The Morgan fingerprint density at radius 1 is 1.30 bits per heavy atom. The van der Waals surface area contributed by atoms with E-state index in [1.165, 1.54) is 6.07 Å². The Morgan fingerprint density at radius 3 is 2.56 bits per heavy atom. The van der Waals surface area contributed by atoms with Gasteiger partial charge in [0.2, 0.25) is 15.9 Å². The van der Waals surface area contributed by atoms with Crippen LogP contribution in [-0.4, -0.2) is 51.3 Å². The third kappa shape index (κ3) is 5.65. The van der Waals surface area contributed by atoms with Crippen molar-refractivity contribution in [1.29, 1.82) is 0 Å². The molecule has 0 aromatic heterocycles. The van der Waals surface area contributed by atoms with Gasteiger partial charge in [-0.05, 0) is 49.9 Å². The van der Waals surface area contributed by atoms with Crippen LogP contribution in [0.3, 0.4) is 0 Å². The third-order valence-electron chi connectivity index (χ3n) is 4.70. The minimum atomic E-state index is -3.92.